The zero-order chi connectivity index (χ0) is 12.1. The predicted octanol–water partition coefficient (Wildman–Crippen LogP) is 3.70. The number of hydrazine groups is 1. The fraction of sp³-hybridized carbons (Fsp3) is 0.538. The van der Waals surface area contributed by atoms with Crippen LogP contribution in [0.25, 0.3) is 0 Å². The lowest BCUT2D eigenvalue weighted by molar-refractivity contribution is 0.407. The molecular formula is C13H21BrN2. The Morgan fingerprint density at radius 3 is 2.56 bits per heavy atom. The molecule has 3 heteroatoms. The van der Waals surface area contributed by atoms with Crippen molar-refractivity contribution in [2.24, 2.45) is 11.8 Å². The van der Waals surface area contributed by atoms with Crippen molar-refractivity contribution >= 4 is 15.9 Å². The van der Waals surface area contributed by atoms with Gasteiger partial charge < -0.3 is 0 Å². The number of rotatable bonds is 5. The third-order valence-corrected chi connectivity index (χ3v) is 3.46. The van der Waals surface area contributed by atoms with Crippen LogP contribution in [-0.2, 0) is 0 Å². The van der Waals surface area contributed by atoms with Crippen LogP contribution in [0.5, 0.6) is 0 Å². The van der Waals surface area contributed by atoms with Gasteiger partial charge in [-0.15, -0.1) is 0 Å². The van der Waals surface area contributed by atoms with E-state index >= 15 is 0 Å². The summed E-state index contributed by atoms with van der Waals surface area (Å²) in [7, 11) is 0. The van der Waals surface area contributed by atoms with Crippen molar-refractivity contribution in [3.63, 3.8) is 0 Å². The predicted molar refractivity (Wildman–Crippen MR) is 73.0 cm³/mol. The smallest absolute Gasteiger partial charge is 0.0463 e. The van der Waals surface area contributed by atoms with Crippen molar-refractivity contribution in [2.75, 3.05) is 0 Å². The molecule has 0 aromatic heterocycles. The Kier molecular flexibility index (Phi) is 5.46. The quantitative estimate of drug-likeness (QED) is 0.639. The van der Waals surface area contributed by atoms with Gasteiger partial charge in [0.2, 0.25) is 0 Å². The lowest BCUT2D eigenvalue weighted by Crippen LogP contribution is -2.29. The van der Waals surface area contributed by atoms with Crippen LogP contribution >= 0.6 is 15.9 Å². The molecule has 2 unspecified atom stereocenters. The van der Waals surface area contributed by atoms with Crippen molar-refractivity contribution in [1.82, 2.24) is 5.43 Å². The SMILES string of the molecule is CCC(C)CC(NN)c1cc(C)cc(Br)c1. The average Bonchev–Trinajstić information content (AvgIpc) is 2.24. The molecule has 0 aliphatic heterocycles. The second kappa shape index (κ2) is 6.38. The maximum absolute atomic E-state index is 5.64. The Hall–Kier alpha value is -0.380. The number of benzene rings is 1. The molecule has 0 spiro atoms. The maximum Gasteiger partial charge on any atom is 0.0463 e. The zero-order valence-electron chi connectivity index (χ0n) is 10.3. The van der Waals surface area contributed by atoms with E-state index in [2.05, 4.69) is 60.3 Å². The van der Waals surface area contributed by atoms with Crippen LogP contribution in [-0.4, -0.2) is 0 Å². The van der Waals surface area contributed by atoms with Gasteiger partial charge in [0.1, 0.15) is 0 Å². The van der Waals surface area contributed by atoms with Crippen molar-refractivity contribution in [2.45, 2.75) is 39.7 Å². The third-order valence-electron chi connectivity index (χ3n) is 3.00. The van der Waals surface area contributed by atoms with Gasteiger partial charge >= 0.3 is 0 Å². The molecule has 0 radical (unpaired) electrons. The number of hydrogen-bond acceptors (Lipinski definition) is 2. The van der Waals surface area contributed by atoms with Gasteiger partial charge in [0.15, 0.2) is 0 Å². The molecule has 1 aromatic carbocycles. The van der Waals surface area contributed by atoms with Gasteiger partial charge in [-0.05, 0) is 42.5 Å². The fourth-order valence-electron chi connectivity index (χ4n) is 1.84. The number of nitrogens with one attached hydrogen (secondary N) is 1. The first-order valence-corrected chi connectivity index (χ1v) is 6.59. The summed E-state index contributed by atoms with van der Waals surface area (Å²) >= 11 is 3.53. The molecule has 0 saturated carbocycles. The molecule has 90 valence electrons. The number of aryl methyl sites for hydroxylation is 1. The molecule has 2 nitrogen and oxygen atoms in total. The summed E-state index contributed by atoms with van der Waals surface area (Å²) in [5.74, 6) is 6.32. The molecule has 0 fully saturated rings. The van der Waals surface area contributed by atoms with Gasteiger partial charge in [0.05, 0.1) is 0 Å². The van der Waals surface area contributed by atoms with Crippen LogP contribution in [0.2, 0.25) is 0 Å². The molecule has 0 aliphatic rings. The molecule has 3 N–H and O–H groups in total. The van der Waals surface area contributed by atoms with E-state index in [0.717, 1.165) is 10.9 Å². The van der Waals surface area contributed by atoms with E-state index in [1.165, 1.54) is 17.5 Å². The Morgan fingerprint density at radius 1 is 1.38 bits per heavy atom. The molecule has 16 heavy (non-hydrogen) atoms. The second-order valence-corrected chi connectivity index (χ2v) is 5.45. The normalized spacial score (nSPS) is 14.8. The van der Waals surface area contributed by atoms with Gasteiger partial charge in [-0.3, -0.25) is 11.3 Å². The van der Waals surface area contributed by atoms with Crippen LogP contribution in [0.4, 0.5) is 0 Å². The third kappa shape index (κ3) is 3.89. The molecule has 2 atom stereocenters. The van der Waals surface area contributed by atoms with Crippen molar-refractivity contribution in [3.05, 3.63) is 33.8 Å². The second-order valence-electron chi connectivity index (χ2n) is 4.53. The first-order chi connectivity index (χ1) is 7.56. The van der Waals surface area contributed by atoms with Gasteiger partial charge in [-0.2, -0.15) is 0 Å². The van der Waals surface area contributed by atoms with E-state index < -0.39 is 0 Å². The highest BCUT2D eigenvalue weighted by Crippen LogP contribution is 2.25. The lowest BCUT2D eigenvalue weighted by atomic mass is 9.94. The minimum atomic E-state index is 0.242. The highest BCUT2D eigenvalue weighted by atomic mass is 79.9. The van der Waals surface area contributed by atoms with E-state index in [4.69, 9.17) is 5.84 Å². The lowest BCUT2D eigenvalue weighted by Gasteiger charge is -2.20. The minimum absolute atomic E-state index is 0.242. The Labute approximate surface area is 107 Å². The largest absolute Gasteiger partial charge is 0.271 e. The highest BCUT2D eigenvalue weighted by Gasteiger charge is 2.13. The Balaban J connectivity index is 2.86. The van der Waals surface area contributed by atoms with Crippen molar-refractivity contribution in [3.8, 4) is 0 Å². The summed E-state index contributed by atoms with van der Waals surface area (Å²) in [4.78, 5) is 0. The molecule has 0 saturated heterocycles. The van der Waals surface area contributed by atoms with Gasteiger partial charge in [-0.1, -0.05) is 42.3 Å². The summed E-state index contributed by atoms with van der Waals surface area (Å²) in [6, 6.07) is 6.68. The van der Waals surface area contributed by atoms with Crippen LogP contribution in [0.1, 0.15) is 43.9 Å². The van der Waals surface area contributed by atoms with Gasteiger partial charge in [0, 0.05) is 10.5 Å². The maximum atomic E-state index is 5.64. The molecular weight excluding hydrogens is 264 g/mol. The summed E-state index contributed by atoms with van der Waals surface area (Å²) < 4.78 is 1.12. The van der Waals surface area contributed by atoms with E-state index in [1.807, 2.05) is 0 Å². The van der Waals surface area contributed by atoms with E-state index in [0.29, 0.717) is 5.92 Å². The topological polar surface area (TPSA) is 38.0 Å². The fourth-order valence-corrected chi connectivity index (χ4v) is 2.46. The van der Waals surface area contributed by atoms with E-state index in [1.54, 1.807) is 0 Å². The first kappa shape index (κ1) is 13.7. The molecule has 0 aliphatic carbocycles. The standard InChI is InChI=1S/C13H21BrN2/c1-4-9(2)7-13(16-15)11-5-10(3)6-12(14)8-11/h5-6,8-9,13,16H,4,7,15H2,1-3H3. The molecule has 0 bridgehead atoms. The molecule has 1 rings (SSSR count). The highest BCUT2D eigenvalue weighted by molar-refractivity contribution is 9.10. The summed E-state index contributed by atoms with van der Waals surface area (Å²) in [5, 5.41) is 0. The zero-order valence-corrected chi connectivity index (χ0v) is 11.8. The van der Waals surface area contributed by atoms with Crippen LogP contribution in [0.15, 0.2) is 22.7 Å². The van der Waals surface area contributed by atoms with E-state index in [9.17, 15) is 0 Å². The Bertz CT molecular complexity index is 318. The number of halogens is 1. The van der Waals surface area contributed by atoms with Crippen LogP contribution in [0.3, 0.4) is 0 Å². The minimum Gasteiger partial charge on any atom is -0.271 e. The van der Waals surface area contributed by atoms with Crippen LogP contribution < -0.4 is 11.3 Å². The Morgan fingerprint density at radius 2 is 2.06 bits per heavy atom. The van der Waals surface area contributed by atoms with Crippen molar-refractivity contribution < 1.29 is 0 Å². The number of hydrogen-bond donors (Lipinski definition) is 2. The monoisotopic (exact) mass is 284 g/mol. The molecule has 1 aromatic rings. The van der Waals surface area contributed by atoms with Gasteiger partial charge in [-0.25, -0.2) is 0 Å². The summed E-state index contributed by atoms with van der Waals surface area (Å²) in [6.45, 7) is 6.57. The molecule has 0 amide bonds. The van der Waals surface area contributed by atoms with Crippen molar-refractivity contribution in [1.29, 1.82) is 0 Å². The number of nitrogens with two attached hydrogens (primary N) is 1. The first-order valence-electron chi connectivity index (χ1n) is 5.80. The van der Waals surface area contributed by atoms with Gasteiger partial charge in [0.25, 0.3) is 0 Å². The average molecular weight is 285 g/mol. The molecule has 0 heterocycles. The summed E-state index contributed by atoms with van der Waals surface area (Å²) in [6.07, 6.45) is 2.26. The van der Waals surface area contributed by atoms with E-state index in [-0.39, 0.29) is 6.04 Å². The summed E-state index contributed by atoms with van der Waals surface area (Å²) in [5.41, 5.74) is 5.43. The van der Waals surface area contributed by atoms with Crippen LogP contribution in [0, 0.1) is 12.8 Å².